The van der Waals surface area contributed by atoms with Crippen molar-refractivity contribution in [3.63, 3.8) is 0 Å². The summed E-state index contributed by atoms with van der Waals surface area (Å²) in [6.07, 6.45) is 0. The number of amides is 2. The molecule has 2 amide bonds. The molecule has 1 heterocycles. The van der Waals surface area contributed by atoms with Gasteiger partial charge in [-0.25, -0.2) is 4.79 Å². The van der Waals surface area contributed by atoms with Crippen LogP contribution in [-0.2, 0) is 9.63 Å². The maximum absolute atomic E-state index is 11.9. The van der Waals surface area contributed by atoms with E-state index in [-0.39, 0.29) is 17.7 Å². The van der Waals surface area contributed by atoms with Crippen LogP contribution in [0.2, 0.25) is 0 Å². The Morgan fingerprint density at radius 1 is 1.26 bits per heavy atom. The molecule has 0 aromatic heterocycles. The molecule has 0 saturated carbocycles. The van der Waals surface area contributed by atoms with Crippen LogP contribution < -0.4 is 5.32 Å². The number of fused-ring (bicyclic) bond motifs is 1. The lowest BCUT2D eigenvalue weighted by Crippen LogP contribution is -2.37. The lowest BCUT2D eigenvalue weighted by atomic mass is 10.1. The van der Waals surface area contributed by atoms with E-state index in [2.05, 4.69) is 5.32 Å². The Labute approximate surface area is 114 Å². The summed E-state index contributed by atoms with van der Waals surface area (Å²) in [5, 5.41) is 3.04. The molecule has 1 aliphatic heterocycles. The van der Waals surface area contributed by atoms with Crippen molar-refractivity contribution < 1.29 is 19.2 Å². The van der Waals surface area contributed by atoms with Crippen LogP contribution in [0.4, 0.5) is 0 Å². The van der Waals surface area contributed by atoms with Crippen molar-refractivity contribution >= 4 is 35.0 Å². The summed E-state index contributed by atoms with van der Waals surface area (Å²) in [5.41, 5.74) is 0.443. The van der Waals surface area contributed by atoms with Crippen molar-refractivity contribution in [3.05, 3.63) is 35.4 Å². The Morgan fingerprint density at radius 3 is 2.26 bits per heavy atom. The Bertz CT molecular complexity index is 550. The van der Waals surface area contributed by atoms with Crippen molar-refractivity contribution in [2.24, 2.45) is 0 Å². The zero-order valence-electron chi connectivity index (χ0n) is 10.0. The molecule has 0 saturated heterocycles. The molecule has 98 valence electrons. The molecule has 0 atom stereocenters. The standard InChI is InChI=1S/C12H10N2O4S/c1-7(19)13-6-10(15)18-14-11(16)8-4-2-3-5-9(8)12(14)17/h2-5H,6H2,1H3,(H,13,19). The topological polar surface area (TPSA) is 75.7 Å². The predicted molar refractivity (Wildman–Crippen MR) is 69.3 cm³/mol. The van der Waals surface area contributed by atoms with Gasteiger partial charge in [0.05, 0.1) is 16.1 Å². The zero-order valence-corrected chi connectivity index (χ0v) is 10.8. The van der Waals surface area contributed by atoms with Gasteiger partial charge in [-0.15, -0.1) is 0 Å². The Morgan fingerprint density at radius 2 is 1.79 bits per heavy atom. The van der Waals surface area contributed by atoms with Crippen LogP contribution in [0.15, 0.2) is 24.3 Å². The minimum absolute atomic E-state index is 0.206. The molecule has 1 aliphatic rings. The second kappa shape index (κ2) is 5.15. The van der Waals surface area contributed by atoms with E-state index in [9.17, 15) is 14.4 Å². The monoisotopic (exact) mass is 278 g/mol. The summed E-state index contributed by atoms with van der Waals surface area (Å²) < 4.78 is 0. The van der Waals surface area contributed by atoms with Gasteiger partial charge in [-0.05, 0) is 19.1 Å². The number of carbonyl (C=O) groups is 3. The van der Waals surface area contributed by atoms with E-state index in [1.54, 1.807) is 19.1 Å². The molecular formula is C12H10N2O4S. The van der Waals surface area contributed by atoms with E-state index < -0.39 is 17.8 Å². The SMILES string of the molecule is CC(=S)NCC(=O)ON1C(=O)c2ccccc2C1=O. The zero-order chi connectivity index (χ0) is 14.0. The van der Waals surface area contributed by atoms with Gasteiger partial charge in [0, 0.05) is 0 Å². The fraction of sp³-hybridized carbons (Fsp3) is 0.167. The van der Waals surface area contributed by atoms with Crippen LogP contribution in [0.25, 0.3) is 0 Å². The van der Waals surface area contributed by atoms with Gasteiger partial charge in [0.1, 0.15) is 6.54 Å². The van der Waals surface area contributed by atoms with E-state index in [1.165, 1.54) is 12.1 Å². The number of thiocarbonyl (C=S) groups is 1. The van der Waals surface area contributed by atoms with Crippen LogP contribution in [0, 0.1) is 0 Å². The van der Waals surface area contributed by atoms with E-state index in [0.29, 0.717) is 10.1 Å². The second-order valence-corrected chi connectivity index (χ2v) is 4.44. The van der Waals surface area contributed by atoms with E-state index >= 15 is 0 Å². The molecule has 0 fully saturated rings. The molecule has 0 spiro atoms. The summed E-state index contributed by atoms with van der Waals surface area (Å²) in [5.74, 6) is -2.06. The van der Waals surface area contributed by atoms with Crippen molar-refractivity contribution in [2.45, 2.75) is 6.92 Å². The first-order valence-electron chi connectivity index (χ1n) is 5.43. The highest BCUT2D eigenvalue weighted by Crippen LogP contribution is 2.22. The number of hydrogen-bond acceptors (Lipinski definition) is 5. The van der Waals surface area contributed by atoms with E-state index in [1.807, 2.05) is 0 Å². The number of imide groups is 1. The van der Waals surface area contributed by atoms with Gasteiger partial charge in [0.25, 0.3) is 11.8 Å². The summed E-state index contributed by atoms with van der Waals surface area (Å²) >= 11 is 4.73. The summed E-state index contributed by atoms with van der Waals surface area (Å²) in [7, 11) is 0. The van der Waals surface area contributed by atoms with Crippen LogP contribution in [0.5, 0.6) is 0 Å². The molecule has 1 N–H and O–H groups in total. The maximum atomic E-state index is 11.9. The van der Waals surface area contributed by atoms with Crippen LogP contribution in [0.1, 0.15) is 27.6 Å². The fourth-order valence-electron chi connectivity index (χ4n) is 1.58. The third-order valence-electron chi connectivity index (χ3n) is 2.43. The minimum Gasteiger partial charge on any atom is -0.369 e. The Kier molecular flexibility index (Phi) is 3.57. The van der Waals surface area contributed by atoms with Crippen LogP contribution in [0.3, 0.4) is 0 Å². The first-order chi connectivity index (χ1) is 9.00. The second-order valence-electron chi connectivity index (χ2n) is 3.82. The van der Waals surface area contributed by atoms with E-state index in [0.717, 1.165) is 0 Å². The number of hydroxylamine groups is 2. The normalized spacial score (nSPS) is 13.2. The molecule has 0 bridgehead atoms. The number of nitrogens with one attached hydrogen (secondary N) is 1. The van der Waals surface area contributed by atoms with Crippen LogP contribution in [-0.4, -0.2) is 34.4 Å². The molecule has 7 heteroatoms. The highest BCUT2D eigenvalue weighted by molar-refractivity contribution is 7.80. The number of benzene rings is 1. The predicted octanol–water partition coefficient (Wildman–Crippen LogP) is 0.678. The van der Waals surface area contributed by atoms with Gasteiger partial charge in [0.2, 0.25) is 0 Å². The number of nitrogens with zero attached hydrogens (tertiary/aromatic N) is 1. The smallest absolute Gasteiger partial charge is 0.352 e. The average molecular weight is 278 g/mol. The first kappa shape index (κ1) is 13.2. The van der Waals surface area contributed by atoms with E-state index in [4.69, 9.17) is 17.1 Å². The molecule has 1 aromatic rings. The van der Waals surface area contributed by atoms with Gasteiger partial charge in [-0.1, -0.05) is 29.4 Å². The Balaban J connectivity index is 2.08. The van der Waals surface area contributed by atoms with Gasteiger partial charge < -0.3 is 10.2 Å². The third kappa shape index (κ3) is 2.60. The summed E-state index contributed by atoms with van der Waals surface area (Å²) in [4.78, 5) is 40.3. The fourth-order valence-corrected chi connectivity index (χ4v) is 1.65. The molecule has 2 rings (SSSR count). The van der Waals surface area contributed by atoms with Crippen molar-refractivity contribution in [1.29, 1.82) is 0 Å². The number of rotatable bonds is 3. The molecule has 0 aliphatic carbocycles. The van der Waals surface area contributed by atoms with Crippen molar-refractivity contribution in [1.82, 2.24) is 10.4 Å². The molecule has 0 unspecified atom stereocenters. The van der Waals surface area contributed by atoms with Crippen molar-refractivity contribution in [2.75, 3.05) is 6.54 Å². The summed E-state index contributed by atoms with van der Waals surface area (Å²) in [6.45, 7) is 1.40. The number of carbonyl (C=O) groups excluding carboxylic acids is 3. The number of hydrogen-bond donors (Lipinski definition) is 1. The summed E-state index contributed by atoms with van der Waals surface area (Å²) in [6, 6.07) is 6.27. The van der Waals surface area contributed by atoms with Gasteiger partial charge in [-0.2, -0.15) is 0 Å². The largest absolute Gasteiger partial charge is 0.369 e. The van der Waals surface area contributed by atoms with Crippen LogP contribution >= 0.6 is 12.2 Å². The molecule has 19 heavy (non-hydrogen) atoms. The van der Waals surface area contributed by atoms with Gasteiger partial charge in [-0.3, -0.25) is 9.59 Å². The van der Waals surface area contributed by atoms with Gasteiger partial charge >= 0.3 is 5.97 Å². The highest BCUT2D eigenvalue weighted by atomic mass is 32.1. The van der Waals surface area contributed by atoms with Gasteiger partial charge in [0.15, 0.2) is 0 Å². The molecule has 0 radical (unpaired) electrons. The average Bonchev–Trinajstić information content (AvgIpc) is 2.62. The lowest BCUT2D eigenvalue weighted by molar-refractivity contribution is -0.166. The highest BCUT2D eigenvalue weighted by Gasteiger charge is 2.38. The molecule has 6 nitrogen and oxygen atoms in total. The Hall–Kier alpha value is -2.28. The molecular weight excluding hydrogens is 268 g/mol. The first-order valence-corrected chi connectivity index (χ1v) is 5.84. The lowest BCUT2D eigenvalue weighted by Gasteiger charge is -2.12. The van der Waals surface area contributed by atoms with Crippen molar-refractivity contribution in [3.8, 4) is 0 Å². The quantitative estimate of drug-likeness (QED) is 0.647. The molecule has 1 aromatic carbocycles. The maximum Gasteiger partial charge on any atom is 0.352 e. The third-order valence-corrected chi connectivity index (χ3v) is 2.58. The minimum atomic E-state index is -0.765.